The number of nitrogens with zero attached hydrogens (tertiary/aromatic N) is 4. The van der Waals surface area contributed by atoms with Crippen molar-refractivity contribution in [2.24, 2.45) is 0 Å². The van der Waals surface area contributed by atoms with Gasteiger partial charge in [-0.15, -0.1) is 0 Å². The highest BCUT2D eigenvalue weighted by Crippen LogP contribution is 2.26. The first-order valence-electron chi connectivity index (χ1n) is 9.86. The lowest BCUT2D eigenvalue weighted by Gasteiger charge is -2.35. The molecule has 0 amide bonds. The van der Waals surface area contributed by atoms with E-state index in [1.54, 1.807) is 0 Å². The molecule has 1 atom stereocenters. The predicted molar refractivity (Wildman–Crippen MR) is 106 cm³/mol. The molecule has 0 saturated carbocycles. The summed E-state index contributed by atoms with van der Waals surface area (Å²) in [5.41, 5.74) is 1.13. The minimum absolute atomic E-state index is 0.418. The van der Waals surface area contributed by atoms with Gasteiger partial charge in [0.25, 0.3) is 0 Å². The summed E-state index contributed by atoms with van der Waals surface area (Å²) < 4.78 is 11.3. The van der Waals surface area contributed by atoms with E-state index in [0.717, 1.165) is 82.1 Å². The first-order valence-corrected chi connectivity index (χ1v) is 9.86. The second-order valence-electron chi connectivity index (χ2n) is 7.25. The number of piperazine rings is 1. The Morgan fingerprint density at radius 2 is 1.93 bits per heavy atom. The average Bonchev–Trinajstić information content (AvgIpc) is 3.24. The maximum Gasteiger partial charge on any atom is 0.132 e. The molecule has 6 heteroatoms. The molecule has 2 aliphatic heterocycles. The monoisotopic (exact) mass is 368 g/mol. The smallest absolute Gasteiger partial charge is 0.132 e. The Morgan fingerprint density at radius 3 is 2.67 bits per heavy atom. The maximum absolute atomic E-state index is 5.82. The zero-order valence-corrected chi connectivity index (χ0v) is 16.0. The molecule has 2 aliphatic rings. The van der Waals surface area contributed by atoms with E-state index in [0.29, 0.717) is 5.92 Å². The van der Waals surface area contributed by atoms with Crippen LogP contribution in [0.15, 0.2) is 36.4 Å². The Bertz CT molecular complexity index is 726. The molecule has 2 aromatic rings. The molecular weight excluding hydrogens is 340 g/mol. The fourth-order valence-corrected chi connectivity index (χ4v) is 3.72. The summed E-state index contributed by atoms with van der Waals surface area (Å²) >= 11 is 0. The van der Waals surface area contributed by atoms with Gasteiger partial charge in [0.2, 0.25) is 0 Å². The van der Waals surface area contributed by atoms with Gasteiger partial charge in [-0.2, -0.15) is 0 Å². The SMILES string of the molecule is Cc1nc([C@H]2CCOC2)cc(N2CCN(CCOc3ccccc3)CC2)n1. The van der Waals surface area contributed by atoms with Crippen molar-refractivity contribution < 1.29 is 9.47 Å². The van der Waals surface area contributed by atoms with Gasteiger partial charge in [0, 0.05) is 51.3 Å². The number of ether oxygens (including phenoxy) is 2. The van der Waals surface area contributed by atoms with Gasteiger partial charge in [0.05, 0.1) is 12.3 Å². The molecule has 0 bridgehead atoms. The molecule has 2 fully saturated rings. The zero-order chi connectivity index (χ0) is 18.5. The van der Waals surface area contributed by atoms with Gasteiger partial charge in [-0.05, 0) is 25.5 Å². The lowest BCUT2D eigenvalue weighted by molar-refractivity contribution is 0.193. The molecule has 1 aromatic carbocycles. The van der Waals surface area contributed by atoms with Crippen molar-refractivity contribution in [3.8, 4) is 5.75 Å². The fraction of sp³-hybridized carbons (Fsp3) is 0.524. The first kappa shape index (κ1) is 18.2. The van der Waals surface area contributed by atoms with Crippen molar-refractivity contribution >= 4 is 5.82 Å². The van der Waals surface area contributed by atoms with Crippen LogP contribution in [0.5, 0.6) is 5.75 Å². The summed E-state index contributed by atoms with van der Waals surface area (Å²) in [6.45, 7) is 9.33. The fourth-order valence-electron chi connectivity index (χ4n) is 3.72. The lowest BCUT2D eigenvalue weighted by atomic mass is 10.0. The lowest BCUT2D eigenvalue weighted by Crippen LogP contribution is -2.47. The maximum atomic E-state index is 5.82. The molecule has 1 aromatic heterocycles. The number of rotatable bonds is 6. The number of hydrogen-bond donors (Lipinski definition) is 0. The van der Waals surface area contributed by atoms with Gasteiger partial charge in [-0.3, -0.25) is 4.90 Å². The number of aryl methyl sites for hydroxylation is 1. The van der Waals surface area contributed by atoms with E-state index in [1.165, 1.54) is 0 Å². The van der Waals surface area contributed by atoms with Crippen LogP contribution in [0.3, 0.4) is 0 Å². The van der Waals surface area contributed by atoms with Crippen LogP contribution in [-0.2, 0) is 4.74 Å². The Hall–Kier alpha value is -2.18. The summed E-state index contributed by atoms with van der Waals surface area (Å²) in [6.07, 6.45) is 1.06. The largest absolute Gasteiger partial charge is 0.492 e. The molecule has 6 nitrogen and oxygen atoms in total. The van der Waals surface area contributed by atoms with Crippen molar-refractivity contribution in [1.82, 2.24) is 14.9 Å². The second kappa shape index (κ2) is 8.67. The number of benzene rings is 1. The topological polar surface area (TPSA) is 50.7 Å². The number of aromatic nitrogens is 2. The van der Waals surface area contributed by atoms with Crippen molar-refractivity contribution in [3.63, 3.8) is 0 Å². The third-order valence-corrected chi connectivity index (χ3v) is 5.31. The average molecular weight is 368 g/mol. The minimum Gasteiger partial charge on any atom is -0.492 e. The minimum atomic E-state index is 0.418. The number of hydrogen-bond acceptors (Lipinski definition) is 6. The van der Waals surface area contributed by atoms with E-state index < -0.39 is 0 Å². The van der Waals surface area contributed by atoms with Crippen LogP contribution in [0, 0.1) is 6.92 Å². The Balaban J connectivity index is 1.28. The highest BCUT2D eigenvalue weighted by Gasteiger charge is 2.23. The van der Waals surface area contributed by atoms with E-state index in [-0.39, 0.29) is 0 Å². The van der Waals surface area contributed by atoms with Crippen molar-refractivity contribution in [3.05, 3.63) is 47.9 Å². The van der Waals surface area contributed by atoms with Crippen LogP contribution in [-0.4, -0.2) is 67.4 Å². The summed E-state index contributed by atoms with van der Waals surface area (Å²) in [5.74, 6) is 3.27. The van der Waals surface area contributed by atoms with E-state index in [9.17, 15) is 0 Å². The molecule has 0 radical (unpaired) electrons. The van der Waals surface area contributed by atoms with Crippen LogP contribution >= 0.6 is 0 Å². The van der Waals surface area contributed by atoms with Crippen molar-refractivity contribution in [1.29, 1.82) is 0 Å². The van der Waals surface area contributed by atoms with Gasteiger partial charge < -0.3 is 14.4 Å². The highest BCUT2D eigenvalue weighted by atomic mass is 16.5. The molecule has 2 saturated heterocycles. The van der Waals surface area contributed by atoms with Gasteiger partial charge in [-0.1, -0.05) is 18.2 Å². The van der Waals surface area contributed by atoms with Crippen LogP contribution in [0.25, 0.3) is 0 Å². The third-order valence-electron chi connectivity index (χ3n) is 5.31. The molecule has 27 heavy (non-hydrogen) atoms. The molecular formula is C21H28N4O2. The molecule has 0 spiro atoms. The summed E-state index contributed by atoms with van der Waals surface area (Å²) in [6, 6.07) is 12.2. The summed E-state index contributed by atoms with van der Waals surface area (Å²) in [5, 5.41) is 0. The molecule has 0 aliphatic carbocycles. The predicted octanol–water partition coefficient (Wildman–Crippen LogP) is 2.49. The van der Waals surface area contributed by atoms with E-state index >= 15 is 0 Å². The Morgan fingerprint density at radius 1 is 1.11 bits per heavy atom. The summed E-state index contributed by atoms with van der Waals surface area (Å²) in [7, 11) is 0. The van der Waals surface area contributed by atoms with Crippen molar-refractivity contribution in [2.45, 2.75) is 19.3 Å². The van der Waals surface area contributed by atoms with Gasteiger partial charge in [-0.25, -0.2) is 9.97 Å². The van der Waals surface area contributed by atoms with E-state index in [1.807, 2.05) is 37.3 Å². The molecule has 144 valence electrons. The van der Waals surface area contributed by atoms with Crippen LogP contribution in [0.1, 0.15) is 23.9 Å². The second-order valence-corrected chi connectivity index (χ2v) is 7.25. The normalized spacial score (nSPS) is 20.8. The van der Waals surface area contributed by atoms with E-state index in [2.05, 4.69) is 25.8 Å². The molecule has 3 heterocycles. The van der Waals surface area contributed by atoms with Crippen molar-refractivity contribution in [2.75, 3.05) is 57.4 Å². The van der Waals surface area contributed by atoms with Gasteiger partial charge >= 0.3 is 0 Å². The Labute approximate surface area is 161 Å². The van der Waals surface area contributed by atoms with Crippen LogP contribution < -0.4 is 9.64 Å². The molecule has 4 rings (SSSR count). The molecule has 0 unspecified atom stereocenters. The third kappa shape index (κ3) is 4.76. The van der Waals surface area contributed by atoms with Gasteiger partial charge in [0.1, 0.15) is 24.0 Å². The van der Waals surface area contributed by atoms with Crippen LogP contribution in [0.4, 0.5) is 5.82 Å². The Kier molecular flexibility index (Phi) is 5.84. The van der Waals surface area contributed by atoms with Gasteiger partial charge in [0.15, 0.2) is 0 Å². The van der Waals surface area contributed by atoms with Crippen LogP contribution in [0.2, 0.25) is 0 Å². The zero-order valence-electron chi connectivity index (χ0n) is 16.0. The number of para-hydroxylation sites is 1. The first-order chi connectivity index (χ1) is 13.3. The standard InChI is InChI=1S/C21H28N4O2/c1-17-22-20(18-7-13-26-16-18)15-21(23-17)25-10-8-24(9-11-25)12-14-27-19-5-3-2-4-6-19/h2-6,15,18H,7-14,16H2,1H3/t18-/m0/s1. The van der Waals surface area contributed by atoms with E-state index in [4.69, 9.17) is 9.47 Å². The quantitative estimate of drug-likeness (QED) is 0.781. The number of anilines is 1. The molecule has 0 N–H and O–H groups in total. The highest BCUT2D eigenvalue weighted by molar-refractivity contribution is 5.41. The summed E-state index contributed by atoms with van der Waals surface area (Å²) in [4.78, 5) is 14.2.